The Morgan fingerprint density at radius 1 is 1.16 bits per heavy atom. The predicted octanol–water partition coefficient (Wildman–Crippen LogP) is 2.58. The molecule has 1 fully saturated rings. The summed E-state index contributed by atoms with van der Waals surface area (Å²) in [5.74, 6) is -0.124. The van der Waals surface area contributed by atoms with Gasteiger partial charge in [-0.05, 0) is 37.5 Å². The lowest BCUT2D eigenvalue weighted by atomic mass is 10.2. The highest BCUT2D eigenvalue weighted by atomic mass is 16.2. The first kappa shape index (κ1) is 13.4. The fourth-order valence-electron chi connectivity index (χ4n) is 2.15. The first-order valence-electron chi connectivity index (χ1n) is 6.50. The molecule has 1 aliphatic heterocycles. The van der Waals surface area contributed by atoms with Crippen LogP contribution < -0.4 is 10.6 Å². The van der Waals surface area contributed by atoms with E-state index in [4.69, 9.17) is 0 Å². The average Bonchev–Trinajstić information content (AvgIpc) is 2.86. The second-order valence-corrected chi connectivity index (χ2v) is 4.84. The molecule has 3 amide bonds. The largest absolute Gasteiger partial charge is 0.326 e. The molecule has 0 aromatic heterocycles. The highest BCUT2D eigenvalue weighted by Gasteiger charge is 2.18. The Balaban J connectivity index is 2.09. The maximum Gasteiger partial charge on any atom is 0.321 e. The molecule has 0 atom stereocenters. The van der Waals surface area contributed by atoms with Crippen molar-refractivity contribution in [2.45, 2.75) is 26.7 Å². The van der Waals surface area contributed by atoms with Gasteiger partial charge in [0.2, 0.25) is 5.91 Å². The van der Waals surface area contributed by atoms with E-state index in [-0.39, 0.29) is 11.9 Å². The number of urea groups is 1. The number of nitrogens with zero attached hydrogens (tertiary/aromatic N) is 1. The third kappa shape index (κ3) is 3.47. The number of anilines is 2. The predicted molar refractivity (Wildman–Crippen MR) is 75.3 cm³/mol. The van der Waals surface area contributed by atoms with Crippen molar-refractivity contribution in [3.05, 3.63) is 23.8 Å². The van der Waals surface area contributed by atoms with E-state index in [1.54, 1.807) is 6.07 Å². The molecule has 5 nitrogen and oxygen atoms in total. The second kappa shape index (κ2) is 5.73. The molecule has 102 valence electrons. The van der Waals surface area contributed by atoms with Gasteiger partial charge in [-0.2, -0.15) is 0 Å². The molecule has 0 unspecified atom stereocenters. The normalized spacial score (nSPS) is 14.3. The summed E-state index contributed by atoms with van der Waals surface area (Å²) < 4.78 is 0. The number of likely N-dealkylation sites (tertiary alicyclic amines) is 1. The molecule has 1 saturated heterocycles. The lowest BCUT2D eigenvalue weighted by Crippen LogP contribution is -2.32. The van der Waals surface area contributed by atoms with E-state index >= 15 is 0 Å². The molecule has 0 aliphatic carbocycles. The molecule has 2 rings (SSSR count). The van der Waals surface area contributed by atoms with E-state index in [0.717, 1.165) is 37.2 Å². The Labute approximate surface area is 113 Å². The number of rotatable bonds is 2. The number of amides is 3. The van der Waals surface area contributed by atoms with Gasteiger partial charge in [0.1, 0.15) is 0 Å². The van der Waals surface area contributed by atoms with Crippen molar-refractivity contribution in [2.24, 2.45) is 0 Å². The molecule has 1 heterocycles. The van der Waals surface area contributed by atoms with Crippen LogP contribution >= 0.6 is 0 Å². The molecule has 0 bridgehead atoms. The van der Waals surface area contributed by atoms with Crippen LogP contribution in [0.3, 0.4) is 0 Å². The first-order chi connectivity index (χ1) is 9.06. The number of aryl methyl sites for hydroxylation is 1. The van der Waals surface area contributed by atoms with Crippen molar-refractivity contribution in [1.82, 2.24) is 4.90 Å². The smallest absolute Gasteiger partial charge is 0.321 e. The van der Waals surface area contributed by atoms with E-state index < -0.39 is 0 Å². The molecule has 1 aromatic rings. The summed E-state index contributed by atoms with van der Waals surface area (Å²) in [7, 11) is 0. The van der Waals surface area contributed by atoms with Crippen LogP contribution in [0.4, 0.5) is 16.2 Å². The Morgan fingerprint density at radius 3 is 2.47 bits per heavy atom. The van der Waals surface area contributed by atoms with E-state index in [2.05, 4.69) is 10.6 Å². The molecular formula is C14H19N3O2. The van der Waals surface area contributed by atoms with Crippen LogP contribution in [0, 0.1) is 6.92 Å². The van der Waals surface area contributed by atoms with Crippen molar-refractivity contribution in [1.29, 1.82) is 0 Å². The molecule has 0 spiro atoms. The van der Waals surface area contributed by atoms with E-state index in [0.29, 0.717) is 5.69 Å². The zero-order valence-electron chi connectivity index (χ0n) is 11.3. The fraction of sp³-hybridized carbons (Fsp3) is 0.429. The number of benzene rings is 1. The molecule has 0 saturated carbocycles. The summed E-state index contributed by atoms with van der Waals surface area (Å²) in [4.78, 5) is 24.9. The van der Waals surface area contributed by atoms with Crippen molar-refractivity contribution in [3.63, 3.8) is 0 Å². The summed E-state index contributed by atoms with van der Waals surface area (Å²) in [5.41, 5.74) is 2.40. The third-order valence-electron chi connectivity index (χ3n) is 3.19. The van der Waals surface area contributed by atoms with Gasteiger partial charge in [-0.3, -0.25) is 4.79 Å². The van der Waals surface area contributed by atoms with Gasteiger partial charge in [0.25, 0.3) is 0 Å². The van der Waals surface area contributed by atoms with Gasteiger partial charge in [0.15, 0.2) is 0 Å². The lowest BCUT2D eigenvalue weighted by Gasteiger charge is -2.18. The minimum atomic E-state index is -0.124. The van der Waals surface area contributed by atoms with Crippen molar-refractivity contribution in [3.8, 4) is 0 Å². The van der Waals surface area contributed by atoms with Crippen molar-refractivity contribution in [2.75, 3.05) is 23.7 Å². The average molecular weight is 261 g/mol. The Bertz CT molecular complexity index is 493. The highest BCUT2D eigenvalue weighted by molar-refractivity contribution is 5.93. The topological polar surface area (TPSA) is 61.4 Å². The number of carbonyl (C=O) groups excluding carboxylic acids is 2. The third-order valence-corrected chi connectivity index (χ3v) is 3.19. The Kier molecular flexibility index (Phi) is 4.04. The van der Waals surface area contributed by atoms with Crippen LogP contribution in [0.1, 0.15) is 25.3 Å². The highest BCUT2D eigenvalue weighted by Crippen LogP contribution is 2.21. The van der Waals surface area contributed by atoms with Gasteiger partial charge in [-0.1, -0.05) is 6.07 Å². The van der Waals surface area contributed by atoms with Crippen LogP contribution in [0.5, 0.6) is 0 Å². The number of nitrogens with one attached hydrogen (secondary N) is 2. The minimum absolute atomic E-state index is 0.0689. The molecule has 0 radical (unpaired) electrons. The molecule has 2 N–H and O–H groups in total. The minimum Gasteiger partial charge on any atom is -0.326 e. The zero-order chi connectivity index (χ0) is 13.8. The standard InChI is InChI=1S/C14H19N3O2/c1-10-5-6-12(15-11(2)18)9-13(10)16-14(19)17-7-3-4-8-17/h5-6,9H,3-4,7-8H2,1-2H3,(H,15,18)(H,16,19). The number of hydrogen-bond acceptors (Lipinski definition) is 2. The van der Waals surface area contributed by atoms with E-state index in [1.165, 1.54) is 6.92 Å². The van der Waals surface area contributed by atoms with Crippen LogP contribution in [0.15, 0.2) is 18.2 Å². The van der Waals surface area contributed by atoms with E-state index in [1.807, 2.05) is 24.0 Å². The SMILES string of the molecule is CC(=O)Nc1ccc(C)c(NC(=O)N2CCCC2)c1. The molecule has 19 heavy (non-hydrogen) atoms. The van der Waals surface area contributed by atoms with Crippen molar-refractivity contribution < 1.29 is 9.59 Å². The van der Waals surface area contributed by atoms with Gasteiger partial charge < -0.3 is 15.5 Å². The van der Waals surface area contributed by atoms with Crippen LogP contribution in [0.25, 0.3) is 0 Å². The van der Waals surface area contributed by atoms with Crippen molar-refractivity contribution >= 4 is 23.3 Å². The van der Waals surface area contributed by atoms with Crippen LogP contribution in [-0.4, -0.2) is 29.9 Å². The zero-order valence-corrected chi connectivity index (χ0v) is 11.3. The molecule has 1 aromatic carbocycles. The lowest BCUT2D eigenvalue weighted by molar-refractivity contribution is -0.114. The quantitative estimate of drug-likeness (QED) is 0.859. The van der Waals surface area contributed by atoms with Gasteiger partial charge >= 0.3 is 6.03 Å². The van der Waals surface area contributed by atoms with Gasteiger partial charge in [0, 0.05) is 31.4 Å². The first-order valence-corrected chi connectivity index (χ1v) is 6.50. The maximum absolute atomic E-state index is 12.0. The summed E-state index contributed by atoms with van der Waals surface area (Å²) in [6, 6.07) is 5.42. The van der Waals surface area contributed by atoms with Gasteiger partial charge in [-0.25, -0.2) is 4.79 Å². The molecule has 5 heteroatoms. The molecular weight excluding hydrogens is 242 g/mol. The summed E-state index contributed by atoms with van der Waals surface area (Å²) in [6.45, 7) is 5.02. The maximum atomic E-state index is 12.0. The fourth-order valence-corrected chi connectivity index (χ4v) is 2.15. The summed E-state index contributed by atoms with van der Waals surface area (Å²) in [5, 5.41) is 5.61. The number of carbonyl (C=O) groups is 2. The van der Waals surface area contributed by atoms with Crippen LogP contribution in [-0.2, 0) is 4.79 Å². The summed E-state index contributed by atoms with van der Waals surface area (Å²) >= 11 is 0. The van der Waals surface area contributed by atoms with Gasteiger partial charge in [-0.15, -0.1) is 0 Å². The molecule has 1 aliphatic rings. The monoisotopic (exact) mass is 261 g/mol. The van der Waals surface area contributed by atoms with Crippen LogP contribution in [0.2, 0.25) is 0 Å². The second-order valence-electron chi connectivity index (χ2n) is 4.84. The summed E-state index contributed by atoms with van der Waals surface area (Å²) in [6.07, 6.45) is 2.14. The number of hydrogen-bond donors (Lipinski definition) is 2. The Hall–Kier alpha value is -2.04. The van der Waals surface area contributed by atoms with Gasteiger partial charge in [0.05, 0.1) is 0 Å². The van der Waals surface area contributed by atoms with E-state index in [9.17, 15) is 9.59 Å². The Morgan fingerprint density at radius 2 is 1.84 bits per heavy atom.